The summed E-state index contributed by atoms with van der Waals surface area (Å²) in [5, 5.41) is 25.6. The summed E-state index contributed by atoms with van der Waals surface area (Å²) in [5.41, 5.74) is -0.374. The van der Waals surface area contributed by atoms with Gasteiger partial charge in [0.2, 0.25) is 5.91 Å². The number of hydrogen-bond acceptors (Lipinski definition) is 6. The van der Waals surface area contributed by atoms with Crippen molar-refractivity contribution in [2.75, 3.05) is 7.11 Å². The highest BCUT2D eigenvalue weighted by atomic mass is 16.5. The van der Waals surface area contributed by atoms with Crippen LogP contribution in [0.1, 0.15) is 95.5 Å². The first kappa shape index (κ1) is 29.7. The molecule has 3 aliphatic carbocycles. The minimum Gasteiger partial charge on any atom is -0.496 e. The van der Waals surface area contributed by atoms with Crippen LogP contribution in [-0.2, 0) is 9.59 Å². The summed E-state index contributed by atoms with van der Waals surface area (Å²) in [4.78, 5) is 38.7. The van der Waals surface area contributed by atoms with Crippen molar-refractivity contribution in [1.29, 1.82) is 5.26 Å². The van der Waals surface area contributed by atoms with Gasteiger partial charge in [0, 0.05) is 18.2 Å². The molecule has 3 N–H and O–H groups in total. The highest BCUT2D eigenvalue weighted by Crippen LogP contribution is 2.49. The van der Waals surface area contributed by atoms with Gasteiger partial charge >= 0.3 is 5.97 Å². The van der Waals surface area contributed by atoms with Crippen molar-refractivity contribution in [1.82, 2.24) is 10.6 Å². The lowest BCUT2D eigenvalue weighted by Gasteiger charge is -2.35. The van der Waals surface area contributed by atoms with Gasteiger partial charge in [-0.15, -0.1) is 0 Å². The van der Waals surface area contributed by atoms with Gasteiger partial charge in [-0.2, -0.15) is 5.26 Å². The number of carboxylic acid groups (broad SMARTS) is 1. The lowest BCUT2D eigenvalue weighted by Crippen LogP contribution is -2.52. The van der Waals surface area contributed by atoms with E-state index in [-0.39, 0.29) is 75.8 Å². The van der Waals surface area contributed by atoms with E-state index in [1.54, 1.807) is 13.0 Å². The van der Waals surface area contributed by atoms with E-state index < -0.39 is 11.4 Å². The second kappa shape index (κ2) is 11.3. The molecule has 2 bridgehead atoms. The van der Waals surface area contributed by atoms with Crippen LogP contribution in [0.15, 0.2) is 12.1 Å². The van der Waals surface area contributed by atoms with E-state index >= 15 is 0 Å². The molecule has 40 heavy (non-hydrogen) atoms. The molecule has 0 spiro atoms. The highest BCUT2D eigenvalue weighted by molar-refractivity contribution is 5.98. The Morgan fingerprint density at radius 1 is 1.10 bits per heavy atom. The Bertz CT molecular complexity index is 1190. The second-order valence-electron chi connectivity index (χ2n) is 13.3. The van der Waals surface area contributed by atoms with Gasteiger partial charge in [-0.05, 0) is 82.1 Å². The molecule has 3 aliphatic rings. The molecule has 9 heteroatoms. The molecule has 5 atom stereocenters. The van der Waals surface area contributed by atoms with Crippen molar-refractivity contribution in [3.05, 3.63) is 23.3 Å². The van der Waals surface area contributed by atoms with Crippen molar-refractivity contribution in [2.45, 2.75) is 97.8 Å². The number of ether oxygens (including phenoxy) is 2. The molecular formula is C31H43N3O6. The van der Waals surface area contributed by atoms with Gasteiger partial charge in [-0.25, -0.2) is 0 Å². The fourth-order valence-corrected chi connectivity index (χ4v) is 6.46. The molecule has 4 rings (SSSR count). The largest absolute Gasteiger partial charge is 0.496 e. The van der Waals surface area contributed by atoms with Crippen LogP contribution in [0.2, 0.25) is 0 Å². The number of benzene rings is 1. The van der Waals surface area contributed by atoms with Gasteiger partial charge in [0.15, 0.2) is 0 Å². The summed E-state index contributed by atoms with van der Waals surface area (Å²) >= 11 is 0. The number of carboxylic acids is 1. The molecule has 0 aromatic heterocycles. The summed E-state index contributed by atoms with van der Waals surface area (Å²) < 4.78 is 11.7. The molecule has 0 saturated heterocycles. The molecule has 1 aromatic rings. The van der Waals surface area contributed by atoms with E-state index in [0.717, 1.165) is 19.3 Å². The molecule has 218 valence electrons. The van der Waals surface area contributed by atoms with E-state index in [4.69, 9.17) is 9.47 Å². The molecule has 0 aliphatic heterocycles. The van der Waals surface area contributed by atoms with Crippen molar-refractivity contribution in [3.8, 4) is 17.6 Å². The normalized spacial score (nSPS) is 30.2. The lowest BCUT2D eigenvalue weighted by molar-refractivity contribution is -0.150. The minimum absolute atomic E-state index is 0.0121. The van der Waals surface area contributed by atoms with Crippen LogP contribution in [0.25, 0.3) is 0 Å². The average Bonchev–Trinajstić information content (AvgIpc) is 3.51. The number of methoxy groups -OCH3 is 1. The second-order valence-corrected chi connectivity index (χ2v) is 13.3. The topological polar surface area (TPSA) is 138 Å². The molecule has 0 radical (unpaired) electrons. The zero-order chi connectivity index (χ0) is 29.4. The Labute approximate surface area is 237 Å². The van der Waals surface area contributed by atoms with Crippen LogP contribution in [0.4, 0.5) is 0 Å². The first-order chi connectivity index (χ1) is 18.8. The smallest absolute Gasteiger partial charge is 0.309 e. The van der Waals surface area contributed by atoms with Crippen LogP contribution in [0, 0.1) is 39.9 Å². The first-order valence-corrected chi connectivity index (χ1v) is 14.4. The third-order valence-electron chi connectivity index (χ3n) is 9.69. The van der Waals surface area contributed by atoms with Crippen LogP contribution < -0.4 is 20.1 Å². The summed E-state index contributed by atoms with van der Waals surface area (Å²) in [6.45, 7) is 10.0. The summed E-state index contributed by atoms with van der Waals surface area (Å²) in [7, 11) is 1.45. The number of carbonyl (C=O) groups excluding carboxylic acids is 2. The number of nitrogens with zero attached hydrogens (tertiary/aromatic N) is 1. The Morgan fingerprint density at radius 3 is 2.33 bits per heavy atom. The maximum atomic E-state index is 13.7. The molecule has 1 aromatic carbocycles. The third-order valence-corrected chi connectivity index (χ3v) is 9.69. The maximum absolute atomic E-state index is 13.7. The Morgan fingerprint density at radius 2 is 1.75 bits per heavy atom. The molecule has 2 amide bonds. The number of hydrogen-bond donors (Lipinski definition) is 3. The van der Waals surface area contributed by atoms with Crippen LogP contribution in [0.3, 0.4) is 0 Å². The first-order valence-electron chi connectivity index (χ1n) is 14.4. The fourth-order valence-electron chi connectivity index (χ4n) is 6.46. The number of nitriles is 1. The number of aliphatic carboxylic acids is 1. The number of carbonyl (C=O) groups is 3. The van der Waals surface area contributed by atoms with Gasteiger partial charge in [-0.1, -0.05) is 20.8 Å². The molecule has 3 fully saturated rings. The van der Waals surface area contributed by atoms with E-state index in [2.05, 4.69) is 37.5 Å². The standard InChI is InChI=1S/C31H43N3O6/c1-17(30(2,3)4)33-28(36)25-18-7-8-19(13-18)26(25)34-27(35)22-15-23(20(16-32)14-24(22)39-6)40-21-9-11-31(5,12-10-21)29(37)38/h14-15,17-19,21,25-26H,7-13H2,1-6H3,(H,33,36)(H,34,35)(H,37,38)/t17-,18+,19-,21-,25-,26+,31+/m0/s1. The van der Waals surface area contributed by atoms with Gasteiger partial charge in [0.1, 0.15) is 17.6 Å². The molecule has 9 nitrogen and oxygen atoms in total. The number of amides is 2. The zero-order valence-corrected chi connectivity index (χ0v) is 24.5. The summed E-state index contributed by atoms with van der Waals surface area (Å²) in [6.07, 6.45) is 4.64. The van der Waals surface area contributed by atoms with E-state index in [9.17, 15) is 24.8 Å². The predicted octanol–water partition coefficient (Wildman–Crippen LogP) is 4.67. The van der Waals surface area contributed by atoms with E-state index in [1.807, 2.05) is 6.92 Å². The van der Waals surface area contributed by atoms with E-state index in [0.29, 0.717) is 25.7 Å². The number of rotatable bonds is 8. The van der Waals surface area contributed by atoms with Gasteiger partial charge in [0.05, 0.1) is 35.7 Å². The summed E-state index contributed by atoms with van der Waals surface area (Å²) in [6, 6.07) is 4.88. The Hall–Kier alpha value is -3.28. The third kappa shape index (κ3) is 5.91. The quantitative estimate of drug-likeness (QED) is 0.425. The van der Waals surface area contributed by atoms with E-state index in [1.165, 1.54) is 13.2 Å². The van der Waals surface area contributed by atoms with Crippen LogP contribution in [-0.4, -0.2) is 48.2 Å². The zero-order valence-electron chi connectivity index (χ0n) is 24.5. The lowest BCUT2D eigenvalue weighted by atomic mass is 9.75. The average molecular weight is 554 g/mol. The van der Waals surface area contributed by atoms with Gasteiger partial charge in [0.25, 0.3) is 5.91 Å². The van der Waals surface area contributed by atoms with Gasteiger partial charge in [-0.3, -0.25) is 14.4 Å². The van der Waals surface area contributed by atoms with Crippen molar-refractivity contribution < 1.29 is 29.0 Å². The monoisotopic (exact) mass is 553 g/mol. The maximum Gasteiger partial charge on any atom is 0.309 e. The summed E-state index contributed by atoms with van der Waals surface area (Å²) in [5.74, 6) is -0.472. The molecule has 0 heterocycles. The predicted molar refractivity (Wildman–Crippen MR) is 149 cm³/mol. The van der Waals surface area contributed by atoms with Crippen molar-refractivity contribution >= 4 is 17.8 Å². The van der Waals surface area contributed by atoms with Crippen molar-refractivity contribution in [3.63, 3.8) is 0 Å². The fraction of sp³-hybridized carbons (Fsp3) is 0.677. The number of fused-ring (bicyclic) bond motifs is 2. The van der Waals surface area contributed by atoms with Crippen LogP contribution >= 0.6 is 0 Å². The van der Waals surface area contributed by atoms with Crippen LogP contribution in [0.5, 0.6) is 11.5 Å². The van der Waals surface area contributed by atoms with Gasteiger partial charge < -0.3 is 25.2 Å². The van der Waals surface area contributed by atoms with Crippen molar-refractivity contribution in [2.24, 2.45) is 28.6 Å². The molecule has 3 saturated carbocycles. The highest BCUT2D eigenvalue weighted by Gasteiger charge is 2.52. The Balaban J connectivity index is 1.53. The minimum atomic E-state index is -0.812. The molecular weight excluding hydrogens is 510 g/mol. The number of nitrogens with one attached hydrogen (secondary N) is 2. The Kier molecular flexibility index (Phi) is 8.39. The SMILES string of the molecule is COc1cc(C#N)c(O[C@H]2CC[C@@](C)(C(=O)O)CC2)cc1C(=O)N[C@@H]1[C@H]2CC[C@H](C2)[C@@H]1C(=O)N[C@@H](C)C(C)(C)C. The molecule has 0 unspecified atom stereocenters.